The molecule has 0 aliphatic heterocycles. The van der Waals surface area contributed by atoms with Gasteiger partial charge in [-0.1, -0.05) is 12.1 Å². The van der Waals surface area contributed by atoms with Gasteiger partial charge in [0.25, 0.3) is 0 Å². The number of likely N-dealkylation sites (N-methyl/N-ethyl adjacent to an activating group) is 1. The molecular formula is C24H25N5O2. The number of aromatic nitrogens is 4. The summed E-state index contributed by atoms with van der Waals surface area (Å²) in [5, 5.41) is 9.52. The summed E-state index contributed by atoms with van der Waals surface area (Å²) >= 11 is 0. The smallest absolute Gasteiger partial charge is 0.227 e. The first kappa shape index (κ1) is 19.5. The molecule has 0 atom stereocenters. The van der Waals surface area contributed by atoms with Crippen molar-refractivity contribution in [2.45, 2.75) is 13.5 Å². The van der Waals surface area contributed by atoms with Crippen molar-refractivity contribution in [2.24, 2.45) is 0 Å². The van der Waals surface area contributed by atoms with Crippen molar-refractivity contribution in [3.05, 3.63) is 60.7 Å². The molecule has 0 amide bonds. The van der Waals surface area contributed by atoms with Crippen LogP contribution in [0.4, 0.5) is 0 Å². The van der Waals surface area contributed by atoms with Gasteiger partial charge >= 0.3 is 0 Å². The van der Waals surface area contributed by atoms with Crippen LogP contribution in [0, 0.1) is 0 Å². The monoisotopic (exact) mass is 415 g/mol. The summed E-state index contributed by atoms with van der Waals surface area (Å²) in [6.07, 6.45) is 5.59. The predicted molar refractivity (Wildman–Crippen MR) is 122 cm³/mol. The summed E-state index contributed by atoms with van der Waals surface area (Å²) in [6.45, 7) is 4.96. The number of hydrogen-bond donors (Lipinski definition) is 2. The van der Waals surface area contributed by atoms with Crippen LogP contribution in [0.2, 0.25) is 0 Å². The lowest BCUT2D eigenvalue weighted by molar-refractivity contribution is 0.118. The maximum Gasteiger partial charge on any atom is 0.227 e. The number of ether oxygens (including phenoxy) is 1. The minimum atomic E-state index is 0.600. The third-order valence-corrected chi connectivity index (χ3v) is 5.50. The topological polar surface area (TPSA) is 83.0 Å². The maximum atomic E-state index is 6.15. The molecule has 0 fully saturated rings. The first-order valence-electron chi connectivity index (χ1n) is 10.5. The van der Waals surface area contributed by atoms with Crippen LogP contribution >= 0.6 is 0 Å². The molecule has 7 heteroatoms. The number of nitrogens with zero attached hydrogens (tertiary/aromatic N) is 3. The van der Waals surface area contributed by atoms with E-state index in [1.807, 2.05) is 26.4 Å². The predicted octanol–water partition coefficient (Wildman–Crippen LogP) is 4.83. The second kappa shape index (κ2) is 8.37. The number of benzene rings is 2. The average molecular weight is 415 g/mol. The number of nitrogens with one attached hydrogen (secondary N) is 2. The number of hydrogen-bond acceptors (Lipinski definition) is 5. The highest BCUT2D eigenvalue weighted by Crippen LogP contribution is 2.35. The minimum absolute atomic E-state index is 0.600. The third kappa shape index (κ3) is 3.85. The Bertz CT molecular complexity index is 1320. The maximum absolute atomic E-state index is 6.15. The summed E-state index contributed by atoms with van der Waals surface area (Å²) in [5.74, 6) is 1.42. The quantitative estimate of drug-likeness (QED) is 0.355. The van der Waals surface area contributed by atoms with E-state index in [4.69, 9.17) is 9.15 Å². The van der Waals surface area contributed by atoms with Gasteiger partial charge in [-0.15, -0.1) is 0 Å². The van der Waals surface area contributed by atoms with Gasteiger partial charge in [0, 0.05) is 41.2 Å². The highest BCUT2D eigenvalue weighted by molar-refractivity contribution is 6.01. The van der Waals surface area contributed by atoms with Crippen molar-refractivity contribution in [3.63, 3.8) is 0 Å². The van der Waals surface area contributed by atoms with E-state index in [0.717, 1.165) is 52.0 Å². The average Bonchev–Trinajstić information content (AvgIpc) is 3.53. The normalized spacial score (nSPS) is 11.8. The van der Waals surface area contributed by atoms with Gasteiger partial charge in [-0.05, 0) is 49.4 Å². The number of rotatable bonds is 8. The Morgan fingerprint density at radius 3 is 2.90 bits per heavy atom. The molecule has 0 spiro atoms. The Hall–Kier alpha value is -3.42. The van der Waals surface area contributed by atoms with Crippen molar-refractivity contribution in [3.8, 4) is 22.6 Å². The minimum Gasteiger partial charge on any atom is -0.440 e. The van der Waals surface area contributed by atoms with Gasteiger partial charge in [-0.25, -0.2) is 4.98 Å². The van der Waals surface area contributed by atoms with Crippen LogP contribution in [-0.2, 0) is 11.3 Å². The Morgan fingerprint density at radius 2 is 2.00 bits per heavy atom. The lowest BCUT2D eigenvalue weighted by Crippen LogP contribution is -2.22. The van der Waals surface area contributed by atoms with E-state index in [0.29, 0.717) is 19.0 Å². The van der Waals surface area contributed by atoms with Crippen LogP contribution in [0.1, 0.15) is 12.7 Å². The molecule has 0 saturated heterocycles. The molecule has 7 nitrogen and oxygen atoms in total. The molecular weight excluding hydrogens is 390 g/mol. The number of oxazole rings is 1. The second-order valence-electron chi connectivity index (χ2n) is 7.67. The van der Waals surface area contributed by atoms with Crippen molar-refractivity contribution in [2.75, 3.05) is 26.8 Å². The molecule has 0 aliphatic carbocycles. The lowest BCUT2D eigenvalue weighted by atomic mass is 9.98. The fourth-order valence-electron chi connectivity index (χ4n) is 3.94. The number of aromatic amines is 2. The van der Waals surface area contributed by atoms with E-state index in [1.165, 1.54) is 5.39 Å². The molecule has 0 bridgehead atoms. The molecule has 5 aromatic rings. The van der Waals surface area contributed by atoms with E-state index in [9.17, 15) is 0 Å². The Labute approximate surface area is 180 Å². The highest BCUT2D eigenvalue weighted by atomic mass is 16.5. The summed E-state index contributed by atoms with van der Waals surface area (Å²) < 4.78 is 11.6. The largest absolute Gasteiger partial charge is 0.440 e. The van der Waals surface area contributed by atoms with E-state index in [1.54, 1.807) is 6.20 Å². The molecule has 0 saturated carbocycles. The Morgan fingerprint density at radius 1 is 1.06 bits per heavy atom. The van der Waals surface area contributed by atoms with Crippen molar-refractivity contribution in [1.29, 1.82) is 0 Å². The molecule has 2 N–H and O–H groups in total. The molecule has 31 heavy (non-hydrogen) atoms. The second-order valence-corrected chi connectivity index (χ2v) is 7.67. The fourth-order valence-corrected chi connectivity index (χ4v) is 3.94. The zero-order chi connectivity index (χ0) is 21.2. The third-order valence-electron chi connectivity index (χ3n) is 5.50. The summed E-state index contributed by atoms with van der Waals surface area (Å²) in [6, 6.07) is 12.6. The van der Waals surface area contributed by atoms with Crippen LogP contribution in [0.5, 0.6) is 0 Å². The molecule has 0 radical (unpaired) electrons. The first-order chi connectivity index (χ1) is 15.2. The fraction of sp³-hybridized carbons (Fsp3) is 0.250. The van der Waals surface area contributed by atoms with Gasteiger partial charge in [-0.3, -0.25) is 10.00 Å². The first-order valence-corrected chi connectivity index (χ1v) is 10.5. The standard InChI is InChI=1S/C24H25N5O2/c1-3-30-10-9-29(2)15-17-13-26-24(31-17)20-11-16(12-23-21(20)14-27-28-23)18-5-4-6-22-19(18)7-8-25-22/h4-8,11-14,25H,3,9-10,15H2,1-2H3,(H,27,28). The van der Waals surface area contributed by atoms with E-state index >= 15 is 0 Å². The molecule has 0 aliphatic rings. The Balaban J connectivity index is 1.50. The molecule has 3 aromatic heterocycles. The zero-order valence-corrected chi connectivity index (χ0v) is 17.7. The SMILES string of the molecule is CCOCCN(C)Cc1cnc(-c2cc(-c3cccc4[nH]ccc34)cc3[nH]ncc23)o1. The van der Waals surface area contributed by atoms with Crippen LogP contribution in [-0.4, -0.2) is 51.9 Å². The summed E-state index contributed by atoms with van der Waals surface area (Å²) in [7, 11) is 2.05. The van der Waals surface area contributed by atoms with E-state index in [2.05, 4.69) is 61.5 Å². The number of H-pyrrole nitrogens is 2. The molecule has 5 rings (SSSR count). The molecule has 3 heterocycles. The number of fused-ring (bicyclic) bond motifs is 2. The van der Waals surface area contributed by atoms with Crippen LogP contribution < -0.4 is 0 Å². The van der Waals surface area contributed by atoms with Gasteiger partial charge < -0.3 is 14.1 Å². The van der Waals surface area contributed by atoms with E-state index in [-0.39, 0.29) is 0 Å². The highest BCUT2D eigenvalue weighted by Gasteiger charge is 2.16. The van der Waals surface area contributed by atoms with Crippen LogP contribution in [0.15, 0.2) is 59.4 Å². The van der Waals surface area contributed by atoms with Gasteiger partial charge in [0.2, 0.25) is 5.89 Å². The summed E-state index contributed by atoms with van der Waals surface area (Å²) in [5.41, 5.74) is 5.23. The molecule has 0 unspecified atom stereocenters. The molecule has 2 aromatic carbocycles. The zero-order valence-electron chi connectivity index (χ0n) is 17.7. The van der Waals surface area contributed by atoms with Crippen molar-refractivity contribution < 1.29 is 9.15 Å². The van der Waals surface area contributed by atoms with Crippen LogP contribution in [0.25, 0.3) is 44.4 Å². The van der Waals surface area contributed by atoms with Crippen molar-refractivity contribution >= 4 is 21.8 Å². The Kier molecular flexibility index (Phi) is 5.28. The lowest BCUT2D eigenvalue weighted by Gasteiger charge is -2.14. The van der Waals surface area contributed by atoms with Crippen LogP contribution in [0.3, 0.4) is 0 Å². The molecule has 158 valence electrons. The van der Waals surface area contributed by atoms with E-state index < -0.39 is 0 Å². The van der Waals surface area contributed by atoms with Gasteiger partial charge in [0.15, 0.2) is 0 Å². The van der Waals surface area contributed by atoms with Gasteiger partial charge in [0.05, 0.1) is 31.1 Å². The van der Waals surface area contributed by atoms with Gasteiger partial charge in [0.1, 0.15) is 5.76 Å². The summed E-state index contributed by atoms with van der Waals surface area (Å²) in [4.78, 5) is 10.0. The van der Waals surface area contributed by atoms with Crippen molar-refractivity contribution in [1.82, 2.24) is 25.1 Å². The van der Waals surface area contributed by atoms with Gasteiger partial charge in [-0.2, -0.15) is 5.10 Å².